The minimum atomic E-state index is -0.815. The van der Waals surface area contributed by atoms with Gasteiger partial charge in [0.1, 0.15) is 5.58 Å². The zero-order valence-corrected chi connectivity index (χ0v) is 24.3. The Morgan fingerprint density at radius 1 is 1.00 bits per heavy atom. The van der Waals surface area contributed by atoms with Gasteiger partial charge in [-0.2, -0.15) is 0 Å². The van der Waals surface area contributed by atoms with Crippen LogP contribution in [0.4, 0.5) is 11.4 Å². The van der Waals surface area contributed by atoms with E-state index >= 15 is 0 Å². The third-order valence-electron chi connectivity index (χ3n) is 7.58. The molecule has 0 spiro atoms. The Balaban J connectivity index is 1.34. The van der Waals surface area contributed by atoms with Gasteiger partial charge in [-0.25, -0.2) is 0 Å². The Labute approximate surface area is 254 Å². The predicted octanol–water partition coefficient (Wildman–Crippen LogP) is 4.69. The first-order chi connectivity index (χ1) is 21.4. The molecular weight excluding hydrogens is 562 g/mol. The summed E-state index contributed by atoms with van der Waals surface area (Å²) in [5, 5.41) is 15.6. The second-order valence-corrected chi connectivity index (χ2v) is 10.5. The van der Waals surface area contributed by atoms with E-state index in [-0.39, 0.29) is 36.2 Å². The van der Waals surface area contributed by atoms with E-state index in [2.05, 4.69) is 10.6 Å². The van der Waals surface area contributed by atoms with Crippen molar-refractivity contribution in [3.8, 4) is 0 Å². The molecule has 10 nitrogen and oxygen atoms in total. The van der Waals surface area contributed by atoms with E-state index in [4.69, 9.17) is 19.6 Å². The third-order valence-corrected chi connectivity index (χ3v) is 7.58. The molecule has 0 aliphatic carbocycles. The van der Waals surface area contributed by atoms with Gasteiger partial charge in [0.15, 0.2) is 11.2 Å². The van der Waals surface area contributed by atoms with Crippen LogP contribution in [-0.2, 0) is 20.8 Å². The van der Waals surface area contributed by atoms with Gasteiger partial charge in [0.2, 0.25) is 6.29 Å². The zero-order chi connectivity index (χ0) is 31.1. The molecule has 5 rings (SSSR count). The van der Waals surface area contributed by atoms with Crippen LogP contribution in [0.15, 0.2) is 100 Å². The Morgan fingerprint density at radius 3 is 2.50 bits per heavy atom. The third kappa shape index (κ3) is 6.82. The van der Waals surface area contributed by atoms with Crippen molar-refractivity contribution >= 4 is 34.2 Å². The largest absolute Gasteiger partial charge is 0.464 e. The lowest BCUT2D eigenvalue weighted by molar-refractivity contribution is -0.166. The topological polar surface area (TPSA) is 153 Å². The molecule has 1 aliphatic rings. The van der Waals surface area contributed by atoms with E-state index in [0.717, 1.165) is 5.56 Å². The van der Waals surface area contributed by atoms with Crippen LogP contribution in [0.3, 0.4) is 0 Å². The molecule has 5 N–H and O–H groups in total. The van der Waals surface area contributed by atoms with E-state index < -0.39 is 18.1 Å². The number of ether oxygens (including phenoxy) is 2. The van der Waals surface area contributed by atoms with Crippen molar-refractivity contribution in [1.29, 1.82) is 0 Å². The molecule has 3 atom stereocenters. The first-order valence-electron chi connectivity index (χ1n) is 14.5. The number of carbonyl (C=O) groups excluding carboxylic acids is 2. The van der Waals surface area contributed by atoms with Crippen molar-refractivity contribution in [2.24, 2.45) is 5.92 Å². The van der Waals surface area contributed by atoms with Crippen LogP contribution in [-0.4, -0.2) is 36.4 Å². The summed E-state index contributed by atoms with van der Waals surface area (Å²) in [6, 6.07) is 20.8. The van der Waals surface area contributed by atoms with Crippen molar-refractivity contribution in [2.75, 3.05) is 24.3 Å². The van der Waals surface area contributed by atoms with Gasteiger partial charge in [-0.1, -0.05) is 36.4 Å². The smallest absolute Gasteiger partial charge is 0.286 e. The fourth-order valence-electron chi connectivity index (χ4n) is 5.29. The van der Waals surface area contributed by atoms with Crippen molar-refractivity contribution in [3.63, 3.8) is 0 Å². The number of nitrogens with one attached hydrogen (secondary N) is 2. The molecule has 0 unspecified atom stereocenters. The summed E-state index contributed by atoms with van der Waals surface area (Å²) < 4.78 is 17.7. The van der Waals surface area contributed by atoms with Crippen LogP contribution < -0.4 is 21.8 Å². The first-order valence-corrected chi connectivity index (χ1v) is 14.5. The number of hydrogen-bond acceptors (Lipinski definition) is 8. The quantitative estimate of drug-likeness (QED) is 0.182. The maximum absolute atomic E-state index is 13.5. The molecule has 2 amide bonds. The summed E-state index contributed by atoms with van der Waals surface area (Å²) in [7, 11) is 0. The number of aliphatic hydroxyl groups is 1. The maximum atomic E-state index is 13.5. The van der Waals surface area contributed by atoms with Crippen molar-refractivity contribution in [1.82, 2.24) is 5.32 Å². The Hall–Kier alpha value is -4.93. The molecule has 44 heavy (non-hydrogen) atoms. The second-order valence-electron chi connectivity index (χ2n) is 10.5. The number of fused-ring (bicyclic) bond motifs is 1. The van der Waals surface area contributed by atoms with Gasteiger partial charge in [0, 0.05) is 42.7 Å². The Bertz CT molecular complexity index is 1710. The van der Waals surface area contributed by atoms with E-state index in [0.29, 0.717) is 52.9 Å². The van der Waals surface area contributed by atoms with Crippen LogP contribution in [0.5, 0.6) is 0 Å². The molecule has 2 heterocycles. The molecule has 0 radical (unpaired) electrons. The molecule has 10 heteroatoms. The van der Waals surface area contributed by atoms with Gasteiger partial charge in [0.25, 0.3) is 11.8 Å². The number of nitrogen functional groups attached to an aromatic ring is 1. The molecular formula is C34H35N3O7. The summed E-state index contributed by atoms with van der Waals surface area (Å²) in [4.78, 5) is 39.5. The van der Waals surface area contributed by atoms with Gasteiger partial charge >= 0.3 is 0 Å². The van der Waals surface area contributed by atoms with E-state index in [1.165, 1.54) is 6.26 Å². The molecule has 1 aliphatic heterocycles. The maximum Gasteiger partial charge on any atom is 0.286 e. The molecule has 4 aromatic rings. The highest BCUT2D eigenvalue weighted by Crippen LogP contribution is 2.39. The number of benzene rings is 3. The van der Waals surface area contributed by atoms with Gasteiger partial charge in [-0.15, -0.1) is 0 Å². The minimum absolute atomic E-state index is 0.0257. The number of rotatable bonds is 11. The summed E-state index contributed by atoms with van der Waals surface area (Å²) in [6.45, 7) is 2.28. The lowest BCUT2D eigenvalue weighted by atomic mass is 9.81. The van der Waals surface area contributed by atoms with Gasteiger partial charge < -0.3 is 35.4 Å². The summed E-state index contributed by atoms with van der Waals surface area (Å²) in [5.41, 5.74) is 8.77. The fourth-order valence-corrected chi connectivity index (χ4v) is 5.29. The van der Waals surface area contributed by atoms with Crippen LogP contribution in [0.1, 0.15) is 47.2 Å². The van der Waals surface area contributed by atoms with Crippen LogP contribution in [0.25, 0.3) is 11.0 Å². The molecule has 1 aromatic heterocycles. The van der Waals surface area contributed by atoms with Gasteiger partial charge in [-0.05, 0) is 67.8 Å². The van der Waals surface area contributed by atoms with E-state index in [9.17, 15) is 19.5 Å². The average Bonchev–Trinajstić information content (AvgIpc) is 3.04. The predicted molar refractivity (Wildman–Crippen MR) is 167 cm³/mol. The number of para-hydroxylation sites is 3. The molecule has 228 valence electrons. The van der Waals surface area contributed by atoms with Crippen LogP contribution in [0.2, 0.25) is 0 Å². The highest BCUT2D eigenvalue weighted by Gasteiger charge is 2.39. The monoisotopic (exact) mass is 597 g/mol. The molecule has 0 fully saturated rings. The first kappa shape index (κ1) is 30.5. The number of hydrogen-bond donors (Lipinski definition) is 4. The summed E-state index contributed by atoms with van der Waals surface area (Å²) >= 11 is 0. The lowest BCUT2D eigenvalue weighted by Crippen LogP contribution is -2.40. The van der Waals surface area contributed by atoms with Gasteiger partial charge in [0.05, 0.1) is 23.0 Å². The highest BCUT2D eigenvalue weighted by atomic mass is 16.7. The molecule has 3 aromatic carbocycles. The number of carbonyl (C=O) groups is 2. The van der Waals surface area contributed by atoms with E-state index in [1.807, 2.05) is 6.92 Å². The summed E-state index contributed by atoms with van der Waals surface area (Å²) in [6.07, 6.45) is 3.22. The number of amides is 2. The van der Waals surface area contributed by atoms with Crippen LogP contribution in [0, 0.1) is 5.92 Å². The number of anilines is 2. The van der Waals surface area contributed by atoms with Crippen LogP contribution >= 0.6 is 0 Å². The standard InChI is InChI=1S/C34H35N3O7/c1-2-42-34-23(9-7-17-38)25(26-20-43-29-12-6-3-8-24(29)31(26)39)18-30(44-34)33(41)36-19-21-13-15-22(16-14-21)32(40)37-28-11-5-4-10-27(28)35/h3-6,8,10-16,18,20,23,25,34,38H,2,7,9,17,19,35H2,1H3,(H,36,41)(H,37,40)/t23-,25+,34-/m0/s1. The fraction of sp³-hybridized carbons (Fsp3) is 0.265. The van der Waals surface area contributed by atoms with Crippen molar-refractivity contribution < 1.29 is 28.6 Å². The average molecular weight is 598 g/mol. The molecule has 0 saturated heterocycles. The number of allylic oxidation sites excluding steroid dienone is 1. The second kappa shape index (κ2) is 14.0. The number of aliphatic hydroxyl groups excluding tert-OH is 1. The van der Waals surface area contributed by atoms with Gasteiger partial charge in [-0.3, -0.25) is 14.4 Å². The normalized spacial score (nSPS) is 17.9. The Kier molecular flexibility index (Phi) is 9.73. The Morgan fingerprint density at radius 2 is 1.75 bits per heavy atom. The molecule has 0 bridgehead atoms. The minimum Gasteiger partial charge on any atom is -0.464 e. The molecule has 0 saturated carbocycles. The zero-order valence-electron chi connectivity index (χ0n) is 24.3. The van der Waals surface area contributed by atoms with E-state index in [1.54, 1.807) is 78.9 Å². The lowest BCUT2D eigenvalue weighted by Gasteiger charge is -2.36. The highest BCUT2D eigenvalue weighted by molar-refractivity contribution is 6.05. The van der Waals surface area contributed by atoms with Crippen molar-refractivity contribution in [2.45, 2.75) is 38.5 Å². The SMILES string of the molecule is CCO[C@H]1OC(C(=O)NCc2ccc(C(=O)Nc3ccccc3N)cc2)=C[C@@H](c2coc3ccccc3c2=O)[C@@H]1CCCO. The number of nitrogens with two attached hydrogens (primary N) is 1. The summed E-state index contributed by atoms with van der Waals surface area (Å²) in [5.74, 6) is -1.65. The van der Waals surface area contributed by atoms with Crippen molar-refractivity contribution in [3.05, 3.63) is 118 Å².